The van der Waals surface area contributed by atoms with E-state index in [1.54, 1.807) is 12.1 Å². The predicted octanol–water partition coefficient (Wildman–Crippen LogP) is 5.07. The Balaban J connectivity index is 0.00000231. The van der Waals surface area contributed by atoms with Gasteiger partial charge in [0.05, 0.1) is 11.3 Å². The second kappa shape index (κ2) is 8.29. The van der Waals surface area contributed by atoms with Crippen LogP contribution in [0, 0.1) is 12.7 Å². The minimum Gasteiger partial charge on any atom is -0.349 e. The molecule has 2 saturated heterocycles. The van der Waals surface area contributed by atoms with Crippen molar-refractivity contribution >= 4 is 29.2 Å². The highest BCUT2D eigenvalue weighted by Gasteiger charge is 2.39. The molecule has 0 unspecified atom stereocenters. The van der Waals surface area contributed by atoms with E-state index in [2.05, 4.69) is 34.8 Å². The van der Waals surface area contributed by atoms with E-state index >= 15 is 0 Å². The van der Waals surface area contributed by atoms with E-state index in [0.29, 0.717) is 17.6 Å². The fourth-order valence-electron chi connectivity index (χ4n) is 5.51. The lowest BCUT2D eigenvalue weighted by molar-refractivity contribution is 0.0884. The van der Waals surface area contributed by atoms with E-state index in [1.807, 2.05) is 19.2 Å². The van der Waals surface area contributed by atoms with Crippen molar-refractivity contribution in [3.8, 4) is 11.3 Å². The molecular weight excluding hydrogens is 413 g/mol. The predicted molar refractivity (Wildman–Crippen MR) is 125 cm³/mol. The number of amides is 1. The highest BCUT2D eigenvalue weighted by molar-refractivity contribution is 6.13. The summed E-state index contributed by atoms with van der Waals surface area (Å²) < 4.78 is 15.6. The van der Waals surface area contributed by atoms with Crippen LogP contribution in [-0.4, -0.2) is 40.5 Å². The van der Waals surface area contributed by atoms with Gasteiger partial charge in [0.2, 0.25) is 0 Å². The summed E-state index contributed by atoms with van der Waals surface area (Å²) in [7, 11) is 4.19. The standard InChI is InChI=1S/C25H28FN3O.ClH/c1-15-4-11-21-22(12-15)29(3)24(16-5-7-17(26)8-6-16)23(21)25(30)27-18-13-19-9-10-20(14-18)28(19)2;/h4-8,11-12,18-20H,9-10,13-14H2,1-3H3,(H,27,30);1H/t18-,19+,20-;. The molecular formula is C25H29ClFN3O. The van der Waals surface area contributed by atoms with Crippen LogP contribution in [0.15, 0.2) is 42.5 Å². The lowest BCUT2D eigenvalue weighted by Gasteiger charge is -2.36. The first kappa shape index (κ1) is 21.8. The summed E-state index contributed by atoms with van der Waals surface area (Å²) >= 11 is 0. The number of halogens is 2. The first-order valence-corrected chi connectivity index (χ1v) is 10.8. The van der Waals surface area contributed by atoms with Crippen LogP contribution < -0.4 is 5.32 Å². The number of aromatic nitrogens is 1. The maximum absolute atomic E-state index is 13.6. The molecule has 1 N–H and O–H groups in total. The Labute approximate surface area is 188 Å². The molecule has 3 atom stereocenters. The fourth-order valence-corrected chi connectivity index (χ4v) is 5.51. The van der Waals surface area contributed by atoms with Gasteiger partial charge >= 0.3 is 0 Å². The summed E-state index contributed by atoms with van der Waals surface area (Å²) in [4.78, 5) is 16.1. The Morgan fingerprint density at radius 3 is 2.32 bits per heavy atom. The number of fused-ring (bicyclic) bond motifs is 3. The van der Waals surface area contributed by atoms with Crippen molar-refractivity contribution in [2.45, 2.75) is 50.7 Å². The quantitative estimate of drug-likeness (QED) is 0.616. The number of hydrogen-bond donors (Lipinski definition) is 1. The largest absolute Gasteiger partial charge is 0.349 e. The van der Waals surface area contributed by atoms with Gasteiger partial charge in [-0.3, -0.25) is 4.79 Å². The number of carbonyl (C=O) groups is 1. The molecule has 2 bridgehead atoms. The maximum atomic E-state index is 13.6. The SMILES string of the molecule is Cc1ccc2c(C(=O)N[C@H]3C[C@H]4CC[C@@H](C3)N4C)c(-c3ccc(F)cc3)n(C)c2c1.Cl. The molecule has 0 aliphatic carbocycles. The van der Waals surface area contributed by atoms with Crippen LogP contribution in [-0.2, 0) is 7.05 Å². The highest BCUT2D eigenvalue weighted by Crippen LogP contribution is 2.36. The topological polar surface area (TPSA) is 37.3 Å². The Kier molecular flexibility index (Phi) is 5.84. The summed E-state index contributed by atoms with van der Waals surface area (Å²) in [6.45, 7) is 2.05. The first-order valence-electron chi connectivity index (χ1n) is 10.8. The van der Waals surface area contributed by atoms with Crippen LogP contribution in [0.1, 0.15) is 41.6 Å². The molecule has 3 heterocycles. The summed E-state index contributed by atoms with van der Waals surface area (Å²) in [5, 5.41) is 4.29. The van der Waals surface area contributed by atoms with Gasteiger partial charge in [0.15, 0.2) is 0 Å². The van der Waals surface area contributed by atoms with Crippen molar-refractivity contribution < 1.29 is 9.18 Å². The third-order valence-electron chi connectivity index (χ3n) is 7.13. The van der Waals surface area contributed by atoms with Crippen LogP contribution in [0.2, 0.25) is 0 Å². The molecule has 0 spiro atoms. The minimum absolute atomic E-state index is 0. The first-order chi connectivity index (χ1) is 14.4. The van der Waals surface area contributed by atoms with E-state index < -0.39 is 0 Å². The van der Waals surface area contributed by atoms with Gasteiger partial charge in [-0.05, 0) is 81.1 Å². The van der Waals surface area contributed by atoms with Crippen molar-refractivity contribution in [1.82, 2.24) is 14.8 Å². The smallest absolute Gasteiger partial charge is 0.254 e. The van der Waals surface area contributed by atoms with Gasteiger partial charge in [0.25, 0.3) is 5.91 Å². The molecule has 0 radical (unpaired) electrons. The van der Waals surface area contributed by atoms with Crippen LogP contribution in [0.5, 0.6) is 0 Å². The van der Waals surface area contributed by atoms with Gasteiger partial charge in [-0.2, -0.15) is 0 Å². The normalized spacial score (nSPS) is 23.0. The van der Waals surface area contributed by atoms with Gasteiger partial charge in [-0.25, -0.2) is 4.39 Å². The van der Waals surface area contributed by atoms with Gasteiger partial charge in [0.1, 0.15) is 5.82 Å². The molecule has 0 saturated carbocycles. The monoisotopic (exact) mass is 441 g/mol. The molecule has 4 nitrogen and oxygen atoms in total. The summed E-state index contributed by atoms with van der Waals surface area (Å²) in [5.74, 6) is -0.307. The van der Waals surface area contributed by atoms with E-state index in [1.165, 1.54) is 25.0 Å². The van der Waals surface area contributed by atoms with Crippen molar-refractivity contribution in [3.05, 3.63) is 59.4 Å². The molecule has 6 heteroatoms. The number of nitrogens with zero attached hydrogens (tertiary/aromatic N) is 2. The third kappa shape index (κ3) is 3.74. The zero-order valence-electron chi connectivity index (χ0n) is 18.2. The molecule has 2 fully saturated rings. The number of benzene rings is 2. The van der Waals surface area contributed by atoms with Gasteiger partial charge in [-0.1, -0.05) is 12.1 Å². The number of nitrogens with one attached hydrogen (secondary N) is 1. The summed E-state index contributed by atoms with van der Waals surface area (Å²) in [6.07, 6.45) is 4.47. The van der Waals surface area contributed by atoms with Crippen LogP contribution in [0.3, 0.4) is 0 Å². The lowest BCUT2D eigenvalue weighted by Crippen LogP contribution is -2.48. The lowest BCUT2D eigenvalue weighted by atomic mass is 9.97. The maximum Gasteiger partial charge on any atom is 0.254 e. The summed E-state index contributed by atoms with van der Waals surface area (Å²) in [6, 6.07) is 13.9. The Bertz CT molecular complexity index is 1110. The second-order valence-corrected chi connectivity index (χ2v) is 9.00. The van der Waals surface area contributed by atoms with Gasteiger partial charge in [0, 0.05) is 36.1 Å². The van der Waals surface area contributed by atoms with Crippen molar-refractivity contribution in [1.29, 1.82) is 0 Å². The van der Waals surface area contributed by atoms with E-state index in [0.717, 1.165) is 40.6 Å². The average Bonchev–Trinajstić information content (AvgIpc) is 3.10. The second-order valence-electron chi connectivity index (χ2n) is 9.00. The molecule has 164 valence electrons. The number of carbonyl (C=O) groups excluding carboxylic acids is 1. The van der Waals surface area contributed by atoms with E-state index in [9.17, 15) is 9.18 Å². The molecule has 1 amide bonds. The van der Waals surface area contributed by atoms with Crippen molar-refractivity contribution in [2.24, 2.45) is 7.05 Å². The molecule has 31 heavy (non-hydrogen) atoms. The fraction of sp³-hybridized carbons (Fsp3) is 0.400. The average molecular weight is 442 g/mol. The molecule has 5 rings (SSSR count). The van der Waals surface area contributed by atoms with Crippen LogP contribution in [0.25, 0.3) is 22.2 Å². The Morgan fingerprint density at radius 1 is 1.03 bits per heavy atom. The third-order valence-corrected chi connectivity index (χ3v) is 7.13. The number of piperidine rings is 1. The number of aryl methyl sites for hydroxylation is 2. The van der Waals surface area contributed by atoms with E-state index in [4.69, 9.17) is 0 Å². The minimum atomic E-state index is -0.277. The van der Waals surface area contributed by atoms with Crippen LogP contribution >= 0.6 is 12.4 Å². The highest BCUT2D eigenvalue weighted by atomic mass is 35.5. The number of rotatable bonds is 3. The number of hydrogen-bond acceptors (Lipinski definition) is 2. The van der Waals surface area contributed by atoms with E-state index in [-0.39, 0.29) is 30.2 Å². The molecule has 2 aliphatic rings. The zero-order valence-corrected chi connectivity index (χ0v) is 19.0. The Morgan fingerprint density at radius 2 is 1.68 bits per heavy atom. The Hall–Kier alpha value is -2.37. The molecule has 1 aromatic heterocycles. The zero-order chi connectivity index (χ0) is 21.0. The van der Waals surface area contributed by atoms with Gasteiger partial charge < -0.3 is 14.8 Å². The summed E-state index contributed by atoms with van der Waals surface area (Å²) in [5.41, 5.74) is 4.53. The molecule has 3 aromatic rings. The molecule has 2 aromatic carbocycles. The van der Waals surface area contributed by atoms with Crippen LogP contribution in [0.4, 0.5) is 4.39 Å². The van der Waals surface area contributed by atoms with Crippen molar-refractivity contribution in [3.63, 3.8) is 0 Å². The molecule has 2 aliphatic heterocycles. The van der Waals surface area contributed by atoms with Crippen molar-refractivity contribution in [2.75, 3.05) is 7.05 Å². The van der Waals surface area contributed by atoms with Gasteiger partial charge in [-0.15, -0.1) is 12.4 Å².